The van der Waals surface area contributed by atoms with Gasteiger partial charge in [-0.1, -0.05) is 29.3 Å². The molecule has 4 nitrogen and oxygen atoms in total. The van der Waals surface area contributed by atoms with Gasteiger partial charge in [0.2, 0.25) is 0 Å². The minimum atomic E-state index is -1.65. The number of hydrogen-bond donors (Lipinski definition) is 2. The van der Waals surface area contributed by atoms with Gasteiger partial charge in [0.15, 0.2) is 0 Å². The summed E-state index contributed by atoms with van der Waals surface area (Å²) in [5.74, 6) is 0.872. The van der Waals surface area contributed by atoms with Crippen molar-refractivity contribution in [3.05, 3.63) is 52.0 Å². The zero-order chi connectivity index (χ0) is 15.4. The average Bonchev–Trinajstić information content (AvgIpc) is 2.48. The van der Waals surface area contributed by atoms with E-state index in [0.29, 0.717) is 21.5 Å². The van der Waals surface area contributed by atoms with E-state index >= 15 is 0 Å². The molecule has 0 aliphatic carbocycles. The van der Waals surface area contributed by atoms with Gasteiger partial charge in [-0.3, -0.25) is 0 Å². The molecule has 0 spiro atoms. The fourth-order valence-electron chi connectivity index (χ4n) is 1.78. The predicted molar refractivity (Wildman–Crippen MR) is 83.6 cm³/mol. The van der Waals surface area contributed by atoms with E-state index in [1.54, 1.807) is 30.3 Å². The summed E-state index contributed by atoms with van der Waals surface area (Å²) in [5.41, 5.74) is 1.05. The molecule has 0 atom stereocenters. The summed E-state index contributed by atoms with van der Waals surface area (Å²) >= 11 is 11.8. The summed E-state index contributed by atoms with van der Waals surface area (Å²) in [6.07, 6.45) is 0. The van der Waals surface area contributed by atoms with Crippen molar-refractivity contribution in [2.45, 2.75) is 6.61 Å². The van der Waals surface area contributed by atoms with E-state index in [0.717, 1.165) is 5.56 Å². The van der Waals surface area contributed by atoms with Crippen molar-refractivity contribution >= 4 is 35.8 Å². The lowest BCUT2D eigenvalue weighted by Gasteiger charge is -2.13. The molecule has 0 aliphatic heterocycles. The molecule has 2 aromatic carbocycles. The first kappa shape index (κ1) is 16.0. The number of hydrogen-bond acceptors (Lipinski definition) is 4. The molecule has 0 unspecified atom stereocenters. The molecule has 110 valence electrons. The molecule has 0 heterocycles. The van der Waals surface area contributed by atoms with Crippen LogP contribution >= 0.6 is 23.2 Å². The third-order valence-corrected chi connectivity index (χ3v) is 3.61. The molecule has 0 fully saturated rings. The number of rotatable bonds is 5. The van der Waals surface area contributed by atoms with Gasteiger partial charge in [-0.15, -0.1) is 0 Å². The number of halogens is 2. The Bertz CT molecular complexity index is 634. The van der Waals surface area contributed by atoms with E-state index < -0.39 is 7.12 Å². The maximum absolute atomic E-state index is 9.38. The smallest absolute Gasteiger partial charge is 0.492 e. The predicted octanol–water partition coefficient (Wildman–Crippen LogP) is 2.26. The molecule has 7 heteroatoms. The normalized spacial score (nSPS) is 10.3. The molecule has 2 aromatic rings. The fourth-order valence-corrected chi connectivity index (χ4v) is 2.10. The van der Waals surface area contributed by atoms with Crippen molar-refractivity contribution in [3.8, 4) is 11.5 Å². The zero-order valence-electron chi connectivity index (χ0n) is 11.2. The van der Waals surface area contributed by atoms with Gasteiger partial charge in [0.25, 0.3) is 0 Å². The Morgan fingerprint density at radius 2 is 1.81 bits per heavy atom. The Morgan fingerprint density at radius 3 is 2.43 bits per heavy atom. The second-order valence-corrected chi connectivity index (χ2v) is 5.13. The van der Waals surface area contributed by atoms with Gasteiger partial charge in [-0.05, 0) is 35.9 Å². The van der Waals surface area contributed by atoms with Crippen LogP contribution in [0.4, 0.5) is 0 Å². The lowest BCUT2D eigenvalue weighted by molar-refractivity contribution is 0.306. The van der Waals surface area contributed by atoms with Gasteiger partial charge in [-0.2, -0.15) is 0 Å². The monoisotopic (exact) mass is 326 g/mol. The first-order valence-electron chi connectivity index (χ1n) is 6.12. The van der Waals surface area contributed by atoms with Crippen molar-refractivity contribution in [3.63, 3.8) is 0 Å². The third kappa shape index (κ3) is 4.05. The number of benzene rings is 2. The highest BCUT2D eigenvalue weighted by Crippen LogP contribution is 2.23. The first-order valence-corrected chi connectivity index (χ1v) is 6.87. The standard InChI is InChI=1S/C14H13BCl2O4/c1-20-10-3-5-14(11(7-10)15(18)19)21-8-9-2-4-12(16)13(17)6-9/h2-7,18-19H,8H2,1H3. The van der Waals surface area contributed by atoms with Crippen molar-refractivity contribution in [2.75, 3.05) is 7.11 Å². The summed E-state index contributed by atoms with van der Waals surface area (Å²) in [7, 11) is -0.150. The SMILES string of the molecule is COc1ccc(OCc2ccc(Cl)c(Cl)c2)c(B(O)O)c1. The van der Waals surface area contributed by atoms with Crippen molar-refractivity contribution in [1.29, 1.82) is 0 Å². The Balaban J connectivity index is 2.17. The van der Waals surface area contributed by atoms with Crippen LogP contribution < -0.4 is 14.9 Å². The second-order valence-electron chi connectivity index (χ2n) is 4.31. The van der Waals surface area contributed by atoms with Gasteiger partial charge >= 0.3 is 7.12 Å². The van der Waals surface area contributed by atoms with E-state index in [9.17, 15) is 10.0 Å². The van der Waals surface area contributed by atoms with Crippen LogP contribution in [0.25, 0.3) is 0 Å². The van der Waals surface area contributed by atoms with Gasteiger partial charge in [0.1, 0.15) is 18.1 Å². The summed E-state index contributed by atoms with van der Waals surface area (Å²) in [4.78, 5) is 0. The van der Waals surface area contributed by atoms with E-state index in [1.807, 2.05) is 0 Å². The third-order valence-electron chi connectivity index (χ3n) is 2.87. The van der Waals surface area contributed by atoms with Crippen LogP contribution in [0.2, 0.25) is 10.0 Å². The van der Waals surface area contributed by atoms with Crippen LogP contribution in [0, 0.1) is 0 Å². The van der Waals surface area contributed by atoms with Crippen LogP contribution in [0.5, 0.6) is 11.5 Å². The largest absolute Gasteiger partial charge is 0.497 e. The lowest BCUT2D eigenvalue weighted by atomic mass is 9.79. The highest BCUT2D eigenvalue weighted by Gasteiger charge is 2.18. The van der Waals surface area contributed by atoms with Crippen LogP contribution in [0.15, 0.2) is 36.4 Å². The lowest BCUT2D eigenvalue weighted by Crippen LogP contribution is -2.31. The van der Waals surface area contributed by atoms with E-state index in [1.165, 1.54) is 13.2 Å². The van der Waals surface area contributed by atoms with Crippen LogP contribution in [0.1, 0.15) is 5.56 Å². The molecule has 21 heavy (non-hydrogen) atoms. The molecule has 0 saturated carbocycles. The molecular formula is C14H13BCl2O4. The second kappa shape index (κ2) is 7.05. The minimum absolute atomic E-state index is 0.225. The van der Waals surface area contributed by atoms with E-state index in [4.69, 9.17) is 32.7 Å². The molecule has 0 bridgehead atoms. The summed E-state index contributed by atoms with van der Waals surface area (Å²) in [6, 6.07) is 9.96. The Kier molecular flexibility index (Phi) is 5.36. The Morgan fingerprint density at radius 1 is 1.05 bits per heavy atom. The highest BCUT2D eigenvalue weighted by molar-refractivity contribution is 6.59. The van der Waals surface area contributed by atoms with Gasteiger partial charge in [0, 0.05) is 5.46 Å². The topological polar surface area (TPSA) is 58.9 Å². The van der Waals surface area contributed by atoms with E-state index in [-0.39, 0.29) is 12.1 Å². The maximum atomic E-state index is 9.38. The summed E-state index contributed by atoms with van der Waals surface area (Å²) in [5, 5.41) is 19.7. The molecule has 2 N–H and O–H groups in total. The fraction of sp³-hybridized carbons (Fsp3) is 0.143. The van der Waals surface area contributed by atoms with Crippen LogP contribution in [-0.2, 0) is 6.61 Å². The summed E-state index contributed by atoms with van der Waals surface area (Å²) in [6.45, 7) is 0.225. The Hall–Kier alpha value is -1.40. The van der Waals surface area contributed by atoms with Crippen LogP contribution in [0.3, 0.4) is 0 Å². The van der Waals surface area contributed by atoms with Crippen molar-refractivity contribution in [2.24, 2.45) is 0 Å². The van der Waals surface area contributed by atoms with Gasteiger partial charge in [0.05, 0.1) is 17.2 Å². The maximum Gasteiger partial charge on any atom is 0.492 e. The Labute approximate surface area is 133 Å². The number of methoxy groups -OCH3 is 1. The van der Waals surface area contributed by atoms with Crippen molar-refractivity contribution in [1.82, 2.24) is 0 Å². The van der Waals surface area contributed by atoms with E-state index in [2.05, 4.69) is 0 Å². The molecule has 0 saturated heterocycles. The molecule has 0 amide bonds. The van der Waals surface area contributed by atoms with Gasteiger partial charge < -0.3 is 19.5 Å². The van der Waals surface area contributed by atoms with Crippen LogP contribution in [-0.4, -0.2) is 24.3 Å². The number of ether oxygens (including phenoxy) is 2. The van der Waals surface area contributed by atoms with Crippen molar-refractivity contribution < 1.29 is 19.5 Å². The average molecular weight is 327 g/mol. The highest BCUT2D eigenvalue weighted by atomic mass is 35.5. The molecular weight excluding hydrogens is 314 g/mol. The molecule has 0 aromatic heterocycles. The van der Waals surface area contributed by atoms with Gasteiger partial charge in [-0.25, -0.2) is 0 Å². The zero-order valence-corrected chi connectivity index (χ0v) is 12.7. The summed E-state index contributed by atoms with van der Waals surface area (Å²) < 4.78 is 10.6. The molecule has 0 radical (unpaired) electrons. The first-order chi connectivity index (χ1) is 10.0. The quantitative estimate of drug-likeness (QED) is 0.827. The molecule has 2 rings (SSSR count). The molecule has 0 aliphatic rings. The minimum Gasteiger partial charge on any atom is -0.497 e.